The molecule has 1 aliphatic rings. The molecule has 0 fully saturated rings. The maximum atomic E-state index is 12.8. The van der Waals surface area contributed by atoms with Crippen LogP contribution in [0.5, 0.6) is 11.5 Å². The zero-order chi connectivity index (χ0) is 23.5. The van der Waals surface area contributed by atoms with Crippen LogP contribution in [0.4, 0.5) is 17.1 Å². The molecule has 0 saturated heterocycles. The number of nitrogens with two attached hydrogens (primary N) is 1. The molecule has 0 aromatic heterocycles. The molecule has 5 rings (SSSR count). The average Bonchev–Trinajstić information content (AvgIpc) is 3.22. The van der Waals surface area contributed by atoms with E-state index in [1.165, 1.54) is 0 Å². The van der Waals surface area contributed by atoms with E-state index in [-0.39, 0.29) is 4.90 Å². The van der Waals surface area contributed by atoms with Crippen molar-refractivity contribution in [3.05, 3.63) is 108 Å². The molecule has 0 bridgehead atoms. The molecular formula is C27H24N3O3S+. The monoisotopic (exact) mass is 470 g/mol. The number of aryl methyl sites for hydroxylation is 1. The van der Waals surface area contributed by atoms with Gasteiger partial charge in [0.2, 0.25) is 5.84 Å². The third-order valence-corrected chi connectivity index (χ3v) is 7.08. The Labute approximate surface area is 199 Å². The molecule has 0 amide bonds. The number of sulfonamides is 1. The minimum absolute atomic E-state index is 0.269. The number of ether oxygens (including phenoxy) is 1. The maximum Gasteiger partial charge on any atom is 0.262 e. The van der Waals surface area contributed by atoms with Crippen LogP contribution in [0, 0.1) is 6.92 Å². The number of aliphatic imine (C=N–C) groups is 1. The van der Waals surface area contributed by atoms with Gasteiger partial charge in [-0.1, -0.05) is 48.5 Å². The zero-order valence-electron chi connectivity index (χ0n) is 18.6. The molecule has 0 atom stereocenters. The standard InChI is InChI=1S/C27H23N3O3S/c1-19-7-5-6-10-26(19)34(31,32)30-21-13-16-24-25(18-21)29-27(28-24)17-20-11-14-23(15-12-20)33-22-8-3-2-4-9-22/h2-16,18,30H,17H2,1H3,(H,28,29)/p+1. The second-order valence-corrected chi connectivity index (χ2v) is 9.78. The van der Waals surface area contributed by atoms with Gasteiger partial charge in [-0.05, 0) is 60.5 Å². The molecule has 0 spiro atoms. The SMILES string of the molecule is Cc1ccccc1S(=O)(=O)Nc1ccc2c(c1)N=C(Cc1ccc(Oc3ccccc3)cc1)[NH2+]2. The minimum atomic E-state index is -3.67. The van der Waals surface area contributed by atoms with Gasteiger partial charge < -0.3 is 4.74 Å². The minimum Gasteiger partial charge on any atom is -0.457 e. The van der Waals surface area contributed by atoms with Crippen LogP contribution in [0.15, 0.2) is 107 Å². The number of amidine groups is 1. The number of nitrogens with zero attached hydrogens (tertiary/aromatic N) is 1. The van der Waals surface area contributed by atoms with Gasteiger partial charge in [0.05, 0.1) is 17.0 Å². The van der Waals surface area contributed by atoms with E-state index in [9.17, 15) is 8.42 Å². The van der Waals surface area contributed by atoms with Crippen LogP contribution in [0.25, 0.3) is 0 Å². The lowest BCUT2D eigenvalue weighted by molar-refractivity contribution is -0.440. The molecule has 7 heteroatoms. The van der Waals surface area contributed by atoms with E-state index in [0.717, 1.165) is 34.3 Å². The molecule has 0 aliphatic carbocycles. The number of rotatable bonds is 7. The van der Waals surface area contributed by atoms with Crippen molar-refractivity contribution in [2.24, 2.45) is 4.99 Å². The van der Waals surface area contributed by atoms with Crippen molar-refractivity contribution in [2.75, 3.05) is 4.72 Å². The summed E-state index contributed by atoms with van der Waals surface area (Å²) in [6, 6.07) is 30.0. The second kappa shape index (κ2) is 9.13. The smallest absolute Gasteiger partial charge is 0.262 e. The summed E-state index contributed by atoms with van der Waals surface area (Å²) in [6.45, 7) is 1.78. The van der Waals surface area contributed by atoms with E-state index in [0.29, 0.717) is 17.7 Å². The lowest BCUT2D eigenvalue weighted by Gasteiger charge is -2.10. The molecule has 3 N–H and O–H groups in total. The van der Waals surface area contributed by atoms with Crippen molar-refractivity contribution in [1.82, 2.24) is 0 Å². The normalized spacial score (nSPS) is 12.7. The van der Waals surface area contributed by atoms with Crippen molar-refractivity contribution in [1.29, 1.82) is 0 Å². The maximum absolute atomic E-state index is 12.8. The summed E-state index contributed by atoms with van der Waals surface area (Å²) in [5.41, 5.74) is 4.03. The van der Waals surface area contributed by atoms with Gasteiger partial charge in [0.15, 0.2) is 5.69 Å². The van der Waals surface area contributed by atoms with Crippen LogP contribution in [0.2, 0.25) is 0 Å². The fourth-order valence-corrected chi connectivity index (χ4v) is 5.16. The van der Waals surface area contributed by atoms with Crippen LogP contribution in [0.1, 0.15) is 11.1 Å². The second-order valence-electron chi connectivity index (χ2n) is 8.13. The summed E-state index contributed by atoms with van der Waals surface area (Å²) in [5.74, 6) is 2.50. The predicted molar refractivity (Wildman–Crippen MR) is 134 cm³/mol. The summed E-state index contributed by atoms with van der Waals surface area (Å²) >= 11 is 0. The number of quaternary nitrogens is 1. The molecule has 4 aromatic rings. The molecule has 0 radical (unpaired) electrons. The van der Waals surface area contributed by atoms with Gasteiger partial charge in [-0.2, -0.15) is 4.99 Å². The molecule has 0 unspecified atom stereocenters. The molecule has 1 aliphatic heterocycles. The first kappa shape index (κ1) is 21.9. The molecule has 6 nitrogen and oxygen atoms in total. The summed E-state index contributed by atoms with van der Waals surface area (Å²) in [7, 11) is -3.67. The fourth-order valence-electron chi connectivity index (χ4n) is 3.86. The number of nitrogens with one attached hydrogen (secondary N) is 1. The van der Waals surface area contributed by atoms with Gasteiger partial charge in [-0.25, -0.2) is 8.42 Å². The Hall–Kier alpha value is -3.94. The van der Waals surface area contributed by atoms with Gasteiger partial charge >= 0.3 is 0 Å². The van der Waals surface area contributed by atoms with E-state index >= 15 is 0 Å². The van der Waals surface area contributed by atoms with E-state index in [1.54, 1.807) is 37.3 Å². The van der Waals surface area contributed by atoms with E-state index in [1.807, 2.05) is 72.0 Å². The highest BCUT2D eigenvalue weighted by Gasteiger charge is 2.22. The molecule has 0 saturated carbocycles. The summed E-state index contributed by atoms with van der Waals surface area (Å²) in [5, 5.41) is 2.03. The Bertz CT molecular complexity index is 1470. The molecule has 34 heavy (non-hydrogen) atoms. The zero-order valence-corrected chi connectivity index (χ0v) is 19.4. The van der Waals surface area contributed by atoms with E-state index < -0.39 is 10.0 Å². The van der Waals surface area contributed by atoms with Crippen molar-refractivity contribution in [2.45, 2.75) is 18.2 Å². The summed E-state index contributed by atoms with van der Waals surface area (Å²) in [4.78, 5) is 4.98. The van der Waals surface area contributed by atoms with Crippen molar-refractivity contribution in [3.63, 3.8) is 0 Å². The fraction of sp³-hybridized carbons (Fsp3) is 0.0741. The van der Waals surface area contributed by atoms with Crippen LogP contribution in [0.3, 0.4) is 0 Å². The Morgan fingerprint density at radius 3 is 2.32 bits per heavy atom. The summed E-state index contributed by atoms with van der Waals surface area (Å²) < 4.78 is 34.1. The molecule has 1 heterocycles. The number of anilines is 1. The van der Waals surface area contributed by atoms with Gasteiger partial charge in [-0.15, -0.1) is 0 Å². The predicted octanol–water partition coefficient (Wildman–Crippen LogP) is 5.07. The first-order valence-electron chi connectivity index (χ1n) is 10.9. The van der Waals surface area contributed by atoms with E-state index in [4.69, 9.17) is 9.73 Å². The van der Waals surface area contributed by atoms with Crippen LogP contribution in [-0.2, 0) is 16.4 Å². The van der Waals surface area contributed by atoms with Crippen molar-refractivity contribution < 1.29 is 18.5 Å². The Morgan fingerprint density at radius 1 is 0.853 bits per heavy atom. The largest absolute Gasteiger partial charge is 0.457 e. The number of benzene rings is 4. The Balaban J connectivity index is 1.27. The molecular weight excluding hydrogens is 446 g/mol. The highest BCUT2D eigenvalue weighted by atomic mass is 32.2. The van der Waals surface area contributed by atoms with Crippen LogP contribution >= 0.6 is 0 Å². The number of hydrogen-bond donors (Lipinski definition) is 2. The molecule has 170 valence electrons. The van der Waals surface area contributed by atoms with Crippen molar-refractivity contribution in [3.8, 4) is 11.5 Å². The van der Waals surface area contributed by atoms with Crippen molar-refractivity contribution >= 4 is 32.9 Å². The third-order valence-electron chi connectivity index (χ3n) is 5.54. The first-order chi connectivity index (χ1) is 16.5. The summed E-state index contributed by atoms with van der Waals surface area (Å²) in [6.07, 6.45) is 0.671. The quantitative estimate of drug-likeness (QED) is 0.370. The number of para-hydroxylation sites is 1. The highest BCUT2D eigenvalue weighted by Crippen LogP contribution is 2.30. The third kappa shape index (κ3) is 4.85. The average molecular weight is 471 g/mol. The highest BCUT2D eigenvalue weighted by molar-refractivity contribution is 7.92. The van der Waals surface area contributed by atoms with Gasteiger partial charge in [0.1, 0.15) is 17.2 Å². The lowest BCUT2D eigenvalue weighted by atomic mass is 10.1. The lowest BCUT2D eigenvalue weighted by Crippen LogP contribution is -2.81. The van der Waals surface area contributed by atoms with Gasteiger partial charge in [0, 0.05) is 6.07 Å². The number of hydrogen-bond acceptors (Lipinski definition) is 4. The topological polar surface area (TPSA) is 84.4 Å². The number of fused-ring (bicyclic) bond motifs is 1. The van der Waals surface area contributed by atoms with Gasteiger partial charge in [0.25, 0.3) is 10.0 Å². The van der Waals surface area contributed by atoms with Crippen LogP contribution in [-0.4, -0.2) is 14.3 Å². The Kier molecular flexibility index (Phi) is 5.88. The molecule has 4 aromatic carbocycles. The van der Waals surface area contributed by atoms with Gasteiger partial charge in [-0.3, -0.25) is 10.0 Å². The first-order valence-corrected chi connectivity index (χ1v) is 12.4. The Morgan fingerprint density at radius 2 is 1.56 bits per heavy atom. The van der Waals surface area contributed by atoms with E-state index in [2.05, 4.69) is 4.72 Å². The van der Waals surface area contributed by atoms with Crippen LogP contribution < -0.4 is 14.8 Å².